The van der Waals surface area contributed by atoms with E-state index in [2.05, 4.69) is 15.9 Å². The molecule has 0 aliphatic carbocycles. The van der Waals surface area contributed by atoms with Gasteiger partial charge in [-0.2, -0.15) is 0 Å². The second-order valence-electron chi connectivity index (χ2n) is 2.49. The van der Waals surface area contributed by atoms with E-state index in [4.69, 9.17) is 22.4 Å². The highest BCUT2D eigenvalue weighted by Gasteiger charge is 2.05. The van der Waals surface area contributed by atoms with E-state index in [9.17, 15) is 0 Å². The third-order valence-electron chi connectivity index (χ3n) is 1.51. The van der Waals surface area contributed by atoms with Crippen molar-refractivity contribution in [3.05, 3.63) is 33.3 Å². The summed E-state index contributed by atoms with van der Waals surface area (Å²) in [5.41, 5.74) is 6.43. The molecule has 1 rings (SSSR count). The summed E-state index contributed by atoms with van der Waals surface area (Å²) in [4.78, 5) is 0. The Morgan fingerprint density at radius 1 is 1.46 bits per heavy atom. The predicted molar refractivity (Wildman–Crippen MR) is 60.4 cm³/mol. The summed E-state index contributed by atoms with van der Waals surface area (Å²) in [6.07, 6.45) is 0. The molecule has 0 saturated heterocycles. The van der Waals surface area contributed by atoms with E-state index in [1.807, 2.05) is 6.07 Å². The van der Waals surface area contributed by atoms with Crippen molar-refractivity contribution in [2.75, 3.05) is 6.61 Å². The molecule has 0 fully saturated rings. The minimum atomic E-state index is -0.361. The molecule has 1 atom stereocenters. The smallest absolute Gasteiger partial charge is 0.0624 e. The van der Waals surface area contributed by atoms with Gasteiger partial charge in [-0.3, -0.25) is 0 Å². The number of rotatable bonds is 2. The number of hydrogen-bond donors (Lipinski definition) is 2. The zero-order chi connectivity index (χ0) is 9.14. The summed E-state index contributed by atoms with van der Waals surface area (Å²) >= 11 is 9.07. The maximum atomic E-state index is 8.79. The van der Waals surface area contributed by atoms with Gasteiger partial charge in [-0.1, -0.05) is 27.5 Å². The Kier molecular flexibility index (Phi) is 5.92. The lowest BCUT2D eigenvalue weighted by Crippen LogP contribution is -2.14. The van der Waals surface area contributed by atoms with Crippen LogP contribution < -0.4 is 5.73 Å². The molecule has 0 aliphatic heterocycles. The molecule has 1 aromatic rings. The van der Waals surface area contributed by atoms with E-state index in [0.29, 0.717) is 5.02 Å². The first kappa shape index (κ1) is 13.2. The van der Waals surface area contributed by atoms with Gasteiger partial charge in [0.1, 0.15) is 0 Å². The quantitative estimate of drug-likeness (QED) is 0.878. The van der Waals surface area contributed by atoms with Crippen molar-refractivity contribution < 1.29 is 5.11 Å². The van der Waals surface area contributed by atoms with Crippen LogP contribution >= 0.6 is 39.9 Å². The molecule has 0 aliphatic rings. The minimum absolute atomic E-state index is 0. The highest BCUT2D eigenvalue weighted by Crippen LogP contribution is 2.22. The topological polar surface area (TPSA) is 46.2 Å². The minimum Gasteiger partial charge on any atom is -0.394 e. The molecule has 0 heterocycles. The highest BCUT2D eigenvalue weighted by atomic mass is 79.9. The Morgan fingerprint density at radius 3 is 2.54 bits per heavy atom. The van der Waals surface area contributed by atoms with E-state index < -0.39 is 0 Å². The van der Waals surface area contributed by atoms with Crippen LogP contribution in [0.4, 0.5) is 0 Å². The van der Waals surface area contributed by atoms with Gasteiger partial charge in [-0.05, 0) is 23.8 Å². The second-order valence-corrected chi connectivity index (χ2v) is 3.84. The normalized spacial score (nSPS) is 12.0. The number of aliphatic hydroxyl groups is 1. The molecule has 0 saturated carbocycles. The van der Waals surface area contributed by atoms with E-state index >= 15 is 0 Å². The number of aliphatic hydroxyl groups excluding tert-OH is 1. The molecule has 0 amide bonds. The number of halogens is 3. The van der Waals surface area contributed by atoms with Crippen LogP contribution in [0.1, 0.15) is 11.6 Å². The van der Waals surface area contributed by atoms with E-state index in [1.165, 1.54) is 0 Å². The van der Waals surface area contributed by atoms with Gasteiger partial charge < -0.3 is 10.8 Å². The fourth-order valence-corrected chi connectivity index (χ4v) is 1.78. The maximum absolute atomic E-state index is 8.79. The fourth-order valence-electron chi connectivity index (χ4n) is 0.895. The van der Waals surface area contributed by atoms with Gasteiger partial charge in [0.15, 0.2) is 0 Å². The van der Waals surface area contributed by atoms with Crippen LogP contribution in [0.15, 0.2) is 22.7 Å². The number of hydrogen-bond acceptors (Lipinski definition) is 2. The Balaban J connectivity index is 0.00000144. The van der Waals surface area contributed by atoms with E-state index in [-0.39, 0.29) is 25.1 Å². The molecule has 0 spiro atoms. The Bertz CT molecular complexity index is 263. The zero-order valence-corrected chi connectivity index (χ0v) is 9.86. The average molecular weight is 287 g/mol. The fraction of sp³-hybridized carbons (Fsp3) is 0.250. The van der Waals surface area contributed by atoms with Crippen molar-refractivity contribution in [1.82, 2.24) is 0 Å². The summed E-state index contributed by atoms with van der Waals surface area (Å²) in [7, 11) is 0. The van der Waals surface area contributed by atoms with Crippen molar-refractivity contribution in [2.45, 2.75) is 6.04 Å². The first-order valence-corrected chi connectivity index (χ1v) is 4.63. The predicted octanol–water partition coefficient (Wildman–Crippen LogP) is 2.52. The second kappa shape index (κ2) is 5.83. The first-order chi connectivity index (χ1) is 5.63. The lowest BCUT2D eigenvalue weighted by Gasteiger charge is -2.08. The molecule has 13 heavy (non-hydrogen) atoms. The summed E-state index contributed by atoms with van der Waals surface area (Å²) in [5, 5.41) is 9.40. The standard InChI is InChI=1S/C8H9BrClNO.ClH/c9-6-1-5(8(11)4-12)2-7(10)3-6;/h1-3,8,12H,4,11H2;1H. The van der Waals surface area contributed by atoms with Crippen molar-refractivity contribution >= 4 is 39.9 Å². The Morgan fingerprint density at radius 2 is 2.08 bits per heavy atom. The summed E-state index contributed by atoms with van der Waals surface area (Å²) in [5.74, 6) is 0. The monoisotopic (exact) mass is 285 g/mol. The SMILES string of the molecule is Cl.NC(CO)c1cc(Cl)cc(Br)c1. The molecule has 74 valence electrons. The van der Waals surface area contributed by atoms with Crippen molar-refractivity contribution in [2.24, 2.45) is 5.73 Å². The van der Waals surface area contributed by atoms with Gasteiger partial charge in [0, 0.05) is 9.50 Å². The third-order valence-corrected chi connectivity index (χ3v) is 2.19. The lowest BCUT2D eigenvalue weighted by molar-refractivity contribution is 0.268. The van der Waals surface area contributed by atoms with Gasteiger partial charge >= 0.3 is 0 Å². The molecule has 1 unspecified atom stereocenters. The van der Waals surface area contributed by atoms with Gasteiger partial charge in [0.25, 0.3) is 0 Å². The first-order valence-electron chi connectivity index (χ1n) is 3.46. The summed E-state index contributed by atoms with van der Waals surface area (Å²) < 4.78 is 0.869. The van der Waals surface area contributed by atoms with Gasteiger partial charge in [-0.25, -0.2) is 0 Å². The lowest BCUT2D eigenvalue weighted by atomic mass is 10.1. The Labute approximate surface area is 96.6 Å². The van der Waals surface area contributed by atoms with Crippen LogP contribution in [0.2, 0.25) is 5.02 Å². The molecule has 0 aromatic heterocycles. The van der Waals surface area contributed by atoms with Crippen molar-refractivity contribution in [3.8, 4) is 0 Å². The molecule has 2 nitrogen and oxygen atoms in total. The van der Waals surface area contributed by atoms with Crippen LogP contribution in [0.3, 0.4) is 0 Å². The highest BCUT2D eigenvalue weighted by molar-refractivity contribution is 9.10. The summed E-state index contributed by atoms with van der Waals surface area (Å²) in [6.45, 7) is -0.0766. The largest absolute Gasteiger partial charge is 0.394 e. The van der Waals surface area contributed by atoms with Crippen LogP contribution in [-0.4, -0.2) is 11.7 Å². The van der Waals surface area contributed by atoms with Crippen LogP contribution in [0.25, 0.3) is 0 Å². The molecular formula is C8H10BrCl2NO. The maximum Gasteiger partial charge on any atom is 0.0624 e. The van der Waals surface area contributed by atoms with Gasteiger partial charge in [-0.15, -0.1) is 12.4 Å². The van der Waals surface area contributed by atoms with Crippen LogP contribution in [-0.2, 0) is 0 Å². The Hall–Kier alpha value is 0.200. The molecule has 1 aromatic carbocycles. The third kappa shape index (κ3) is 3.83. The molecule has 0 radical (unpaired) electrons. The van der Waals surface area contributed by atoms with Crippen LogP contribution in [0.5, 0.6) is 0 Å². The van der Waals surface area contributed by atoms with Crippen molar-refractivity contribution in [3.63, 3.8) is 0 Å². The molecule has 5 heteroatoms. The number of benzene rings is 1. The van der Waals surface area contributed by atoms with Gasteiger partial charge in [0.2, 0.25) is 0 Å². The summed E-state index contributed by atoms with van der Waals surface area (Å²) in [6, 6.07) is 5.00. The molecule has 0 bridgehead atoms. The van der Waals surface area contributed by atoms with Crippen LogP contribution in [0, 0.1) is 0 Å². The molecular weight excluding hydrogens is 277 g/mol. The average Bonchev–Trinajstić information content (AvgIpc) is 2.01. The van der Waals surface area contributed by atoms with E-state index in [0.717, 1.165) is 10.0 Å². The van der Waals surface area contributed by atoms with Crippen molar-refractivity contribution in [1.29, 1.82) is 0 Å². The van der Waals surface area contributed by atoms with E-state index in [1.54, 1.807) is 12.1 Å². The number of nitrogens with two attached hydrogens (primary N) is 1. The zero-order valence-electron chi connectivity index (χ0n) is 6.71. The van der Waals surface area contributed by atoms with Gasteiger partial charge in [0.05, 0.1) is 12.6 Å². The molecule has 3 N–H and O–H groups in total.